The smallest absolute Gasteiger partial charge is 0.176 e. The highest BCUT2D eigenvalue weighted by atomic mass is 35.5. The molecule has 0 aromatic carbocycles. The molecule has 0 fully saturated rings. The number of halogens is 1. The summed E-state index contributed by atoms with van der Waals surface area (Å²) in [6.07, 6.45) is 3.26. The number of ketones is 1. The number of nitrogens with zero attached hydrogens (tertiary/aromatic N) is 2. The predicted octanol–water partition coefficient (Wildman–Crippen LogP) is 3.53. The van der Waals surface area contributed by atoms with Crippen molar-refractivity contribution >= 4 is 17.4 Å². The minimum Gasteiger partial charge on any atom is -0.293 e. The fourth-order valence-corrected chi connectivity index (χ4v) is 2.85. The van der Waals surface area contributed by atoms with Gasteiger partial charge in [-0.25, -0.2) is 4.98 Å². The Morgan fingerprint density at radius 3 is 2.75 bits per heavy atom. The fraction of sp³-hybridized carbons (Fsp3) is 0.312. The van der Waals surface area contributed by atoms with Crippen molar-refractivity contribution in [1.82, 2.24) is 9.97 Å². The Hall–Kier alpha value is -1.74. The number of hydrogen-bond acceptors (Lipinski definition) is 3. The summed E-state index contributed by atoms with van der Waals surface area (Å²) in [6.45, 7) is 3.95. The number of fused-ring (bicyclic) bond motifs is 1. The van der Waals surface area contributed by atoms with Gasteiger partial charge in [-0.05, 0) is 50.5 Å². The summed E-state index contributed by atoms with van der Waals surface area (Å²) < 4.78 is 0. The van der Waals surface area contributed by atoms with E-state index in [4.69, 9.17) is 11.6 Å². The molecule has 0 saturated heterocycles. The van der Waals surface area contributed by atoms with E-state index in [1.165, 1.54) is 0 Å². The zero-order valence-electron chi connectivity index (χ0n) is 11.5. The Bertz CT molecular complexity index is 681. The van der Waals surface area contributed by atoms with E-state index >= 15 is 0 Å². The van der Waals surface area contributed by atoms with Gasteiger partial charge >= 0.3 is 0 Å². The van der Waals surface area contributed by atoms with Crippen LogP contribution in [0.3, 0.4) is 0 Å². The molecule has 1 aliphatic rings. The maximum Gasteiger partial charge on any atom is 0.176 e. The van der Waals surface area contributed by atoms with Gasteiger partial charge in [0.05, 0.1) is 16.8 Å². The van der Waals surface area contributed by atoms with Gasteiger partial charge in [0.15, 0.2) is 5.78 Å². The van der Waals surface area contributed by atoms with Crippen molar-refractivity contribution in [3.8, 4) is 0 Å². The molecule has 3 nitrogen and oxygen atoms in total. The van der Waals surface area contributed by atoms with Crippen LogP contribution in [0.4, 0.5) is 0 Å². The molecule has 1 unspecified atom stereocenters. The number of hydrogen-bond donors (Lipinski definition) is 0. The van der Waals surface area contributed by atoms with Crippen molar-refractivity contribution in [1.29, 1.82) is 0 Å². The minimum atomic E-state index is -0.573. The average Bonchev–Trinajstić information content (AvgIpc) is 2.44. The molecule has 4 heteroatoms. The van der Waals surface area contributed by atoms with E-state index in [0.29, 0.717) is 17.1 Å². The quantitative estimate of drug-likeness (QED) is 0.753. The summed E-state index contributed by atoms with van der Waals surface area (Å²) in [5.74, 6) is 0.0827. The van der Waals surface area contributed by atoms with Gasteiger partial charge < -0.3 is 0 Å². The van der Waals surface area contributed by atoms with Crippen molar-refractivity contribution in [3.63, 3.8) is 0 Å². The summed E-state index contributed by atoms with van der Waals surface area (Å²) in [6, 6.07) is 7.39. The molecule has 3 rings (SSSR count). The van der Waals surface area contributed by atoms with Crippen molar-refractivity contribution in [2.24, 2.45) is 0 Å². The SMILES string of the molecule is Cc1ccc(C2(C)CCc3nc(Cl)ccc3C2=O)nc1. The van der Waals surface area contributed by atoms with Crippen LogP contribution in [0.25, 0.3) is 0 Å². The van der Waals surface area contributed by atoms with E-state index in [9.17, 15) is 4.79 Å². The summed E-state index contributed by atoms with van der Waals surface area (Å²) in [5, 5.41) is 0.439. The lowest BCUT2D eigenvalue weighted by molar-refractivity contribution is 0.0870. The third-order valence-corrected chi connectivity index (χ3v) is 4.23. The Morgan fingerprint density at radius 2 is 2.05 bits per heavy atom. The molecule has 0 bridgehead atoms. The summed E-state index contributed by atoms with van der Waals surface area (Å²) in [5.41, 5.74) is 2.82. The van der Waals surface area contributed by atoms with Gasteiger partial charge in [-0.2, -0.15) is 0 Å². The van der Waals surface area contributed by atoms with Gasteiger partial charge in [0.1, 0.15) is 5.15 Å². The molecule has 0 radical (unpaired) electrons. The van der Waals surface area contributed by atoms with Gasteiger partial charge in [-0.15, -0.1) is 0 Å². The first-order chi connectivity index (χ1) is 9.50. The minimum absolute atomic E-state index is 0.0827. The van der Waals surface area contributed by atoms with Crippen LogP contribution in [0.5, 0.6) is 0 Å². The molecule has 0 aliphatic heterocycles. The molecule has 2 aromatic rings. The van der Waals surface area contributed by atoms with E-state index in [2.05, 4.69) is 9.97 Å². The Kier molecular flexibility index (Phi) is 3.09. The van der Waals surface area contributed by atoms with Crippen molar-refractivity contribution in [2.75, 3.05) is 0 Å². The number of carbonyl (C=O) groups excluding carboxylic acids is 1. The lowest BCUT2D eigenvalue weighted by atomic mass is 9.71. The first-order valence-electron chi connectivity index (χ1n) is 6.64. The molecule has 1 atom stereocenters. The van der Waals surface area contributed by atoms with Crippen molar-refractivity contribution < 1.29 is 4.79 Å². The van der Waals surface area contributed by atoms with E-state index in [1.54, 1.807) is 12.1 Å². The first-order valence-corrected chi connectivity index (χ1v) is 7.02. The summed E-state index contributed by atoms with van der Waals surface area (Å²) in [7, 11) is 0. The molecule has 2 heterocycles. The second kappa shape index (κ2) is 4.67. The number of carbonyl (C=O) groups is 1. The first kappa shape index (κ1) is 13.3. The zero-order valence-corrected chi connectivity index (χ0v) is 12.2. The monoisotopic (exact) mass is 286 g/mol. The number of aromatic nitrogens is 2. The molecule has 1 aliphatic carbocycles. The average molecular weight is 287 g/mol. The zero-order chi connectivity index (χ0) is 14.3. The van der Waals surface area contributed by atoms with E-state index < -0.39 is 5.41 Å². The van der Waals surface area contributed by atoms with E-state index in [0.717, 1.165) is 23.4 Å². The number of rotatable bonds is 1. The maximum atomic E-state index is 12.8. The van der Waals surface area contributed by atoms with Gasteiger partial charge in [-0.3, -0.25) is 9.78 Å². The molecule has 20 heavy (non-hydrogen) atoms. The molecular formula is C16H15ClN2O. The lowest BCUT2D eigenvalue weighted by Crippen LogP contribution is -2.38. The molecule has 0 saturated carbocycles. The second-order valence-corrected chi connectivity index (χ2v) is 5.90. The van der Waals surface area contributed by atoms with Crippen LogP contribution in [0.1, 0.15) is 40.7 Å². The van der Waals surface area contributed by atoms with Crippen LogP contribution in [0.15, 0.2) is 30.5 Å². The molecule has 0 spiro atoms. The van der Waals surface area contributed by atoms with Gasteiger partial charge in [0, 0.05) is 11.8 Å². The number of Topliss-reactive ketones (excluding diaryl/α,β-unsaturated/α-hetero) is 1. The highest BCUT2D eigenvalue weighted by molar-refractivity contribution is 6.29. The number of pyridine rings is 2. The fourth-order valence-electron chi connectivity index (χ4n) is 2.69. The number of aryl methyl sites for hydroxylation is 2. The third-order valence-electron chi connectivity index (χ3n) is 4.02. The lowest BCUT2D eigenvalue weighted by Gasteiger charge is -2.32. The second-order valence-electron chi connectivity index (χ2n) is 5.51. The Morgan fingerprint density at radius 1 is 1.25 bits per heavy atom. The highest BCUT2D eigenvalue weighted by Gasteiger charge is 2.41. The molecular weight excluding hydrogens is 272 g/mol. The van der Waals surface area contributed by atoms with E-state index in [1.807, 2.05) is 32.2 Å². The van der Waals surface area contributed by atoms with Gasteiger partial charge in [-0.1, -0.05) is 17.7 Å². The van der Waals surface area contributed by atoms with Crippen molar-refractivity contribution in [3.05, 3.63) is 58.1 Å². The Balaban J connectivity index is 2.06. The molecule has 0 amide bonds. The summed E-state index contributed by atoms with van der Waals surface area (Å²) in [4.78, 5) is 21.5. The third kappa shape index (κ3) is 2.02. The van der Waals surface area contributed by atoms with Crippen molar-refractivity contribution in [2.45, 2.75) is 32.1 Å². The molecule has 2 aromatic heterocycles. The van der Waals surface area contributed by atoms with Gasteiger partial charge in [0.2, 0.25) is 0 Å². The molecule has 0 N–H and O–H groups in total. The maximum absolute atomic E-state index is 12.8. The van der Waals surface area contributed by atoms with Crippen LogP contribution in [-0.4, -0.2) is 15.8 Å². The van der Waals surface area contributed by atoms with Crippen LogP contribution < -0.4 is 0 Å². The highest BCUT2D eigenvalue weighted by Crippen LogP contribution is 2.37. The van der Waals surface area contributed by atoms with Crippen LogP contribution in [0.2, 0.25) is 5.15 Å². The normalized spacial score (nSPS) is 21.6. The predicted molar refractivity (Wildman–Crippen MR) is 78.2 cm³/mol. The Labute approximate surface area is 123 Å². The largest absolute Gasteiger partial charge is 0.293 e. The molecule has 102 valence electrons. The standard InChI is InChI=1S/C16H15ClN2O/c1-10-3-5-13(18-9-10)16(2)8-7-12-11(15(16)20)4-6-14(17)19-12/h3-6,9H,7-8H2,1-2H3. The summed E-state index contributed by atoms with van der Waals surface area (Å²) >= 11 is 5.90. The van der Waals surface area contributed by atoms with Crippen LogP contribution >= 0.6 is 11.6 Å². The van der Waals surface area contributed by atoms with Crippen LogP contribution in [0, 0.1) is 6.92 Å². The van der Waals surface area contributed by atoms with E-state index in [-0.39, 0.29) is 5.78 Å². The van der Waals surface area contributed by atoms with Crippen LogP contribution in [-0.2, 0) is 11.8 Å². The van der Waals surface area contributed by atoms with Gasteiger partial charge in [0.25, 0.3) is 0 Å². The topological polar surface area (TPSA) is 42.9 Å².